The number of esters is 1. The topological polar surface area (TPSA) is 75.6 Å². The first kappa shape index (κ1) is 25.0. The molecule has 1 amide bonds. The summed E-state index contributed by atoms with van der Waals surface area (Å²) < 4.78 is 112. The fourth-order valence-electron chi connectivity index (χ4n) is 2.65. The number of hydrogen-bond donors (Lipinski definition) is 2. The maximum absolute atomic E-state index is 13.8. The molecule has 2 rings (SSSR count). The molecular formula is C19H13F8NO4. The Morgan fingerprint density at radius 2 is 1.47 bits per heavy atom. The third kappa shape index (κ3) is 4.11. The van der Waals surface area contributed by atoms with Crippen molar-refractivity contribution in [2.45, 2.75) is 25.6 Å². The van der Waals surface area contributed by atoms with Crippen molar-refractivity contribution in [3.05, 3.63) is 64.0 Å². The van der Waals surface area contributed by atoms with Gasteiger partial charge < -0.3 is 15.2 Å². The fraction of sp³-hybridized carbons (Fsp3) is 0.263. The van der Waals surface area contributed by atoms with Gasteiger partial charge in [-0.25, -0.2) is 26.7 Å². The van der Waals surface area contributed by atoms with Gasteiger partial charge in [0.1, 0.15) is 5.56 Å². The Morgan fingerprint density at radius 3 is 1.91 bits per heavy atom. The molecule has 174 valence electrons. The molecule has 0 aliphatic carbocycles. The highest BCUT2D eigenvalue weighted by Gasteiger charge is 2.62. The van der Waals surface area contributed by atoms with Crippen LogP contribution in [0.5, 0.6) is 0 Å². The van der Waals surface area contributed by atoms with Gasteiger partial charge in [0.2, 0.25) is 5.82 Å². The van der Waals surface area contributed by atoms with Gasteiger partial charge in [-0.2, -0.15) is 13.2 Å². The number of rotatable bonds is 5. The number of halogens is 8. The molecule has 2 aromatic rings. The number of carbonyl (C=O) groups is 2. The lowest BCUT2D eigenvalue weighted by Crippen LogP contribution is -2.50. The van der Waals surface area contributed by atoms with E-state index < -0.39 is 76.2 Å². The number of aliphatic hydroxyl groups is 1. The van der Waals surface area contributed by atoms with Crippen LogP contribution in [0.15, 0.2) is 18.2 Å². The van der Waals surface area contributed by atoms with Crippen molar-refractivity contribution in [2.24, 2.45) is 0 Å². The van der Waals surface area contributed by atoms with Crippen LogP contribution in [-0.4, -0.2) is 29.8 Å². The second-order valence-corrected chi connectivity index (χ2v) is 6.36. The van der Waals surface area contributed by atoms with Crippen molar-refractivity contribution in [1.82, 2.24) is 0 Å². The Hall–Kier alpha value is -3.22. The zero-order valence-corrected chi connectivity index (χ0v) is 16.1. The van der Waals surface area contributed by atoms with E-state index in [1.54, 1.807) is 5.32 Å². The van der Waals surface area contributed by atoms with Crippen LogP contribution in [0.3, 0.4) is 0 Å². The molecule has 0 heterocycles. The predicted molar refractivity (Wildman–Crippen MR) is 91.9 cm³/mol. The highest BCUT2D eigenvalue weighted by atomic mass is 19.4. The van der Waals surface area contributed by atoms with Gasteiger partial charge in [-0.15, -0.1) is 0 Å². The maximum Gasteiger partial charge on any atom is 0.432 e. The smallest absolute Gasteiger partial charge is 0.432 e. The molecule has 2 N–H and O–H groups in total. The Labute approximate surface area is 174 Å². The number of anilines is 1. The van der Waals surface area contributed by atoms with Crippen LogP contribution in [0.1, 0.15) is 28.4 Å². The highest BCUT2D eigenvalue weighted by Crippen LogP contribution is 2.41. The minimum atomic E-state index is -5.51. The zero-order valence-electron chi connectivity index (χ0n) is 16.1. The standard InChI is InChI=1S/C19H13F8NO4/c1-3-32-17(30)18(31,19(25,26)27)8-4-5-9(7(2)6-8)28-16(29)10-11(20)13(22)15(24)14(23)12(10)21/h4-6,31H,3H2,1-2H3,(H,28,29). The lowest BCUT2D eigenvalue weighted by Gasteiger charge is -2.29. The van der Waals surface area contributed by atoms with E-state index in [2.05, 4.69) is 4.74 Å². The van der Waals surface area contributed by atoms with Crippen LogP contribution in [0.4, 0.5) is 40.8 Å². The van der Waals surface area contributed by atoms with E-state index in [0.717, 1.165) is 13.0 Å². The summed E-state index contributed by atoms with van der Waals surface area (Å²) in [5.74, 6) is -15.9. The molecule has 0 radical (unpaired) electrons. The molecule has 0 spiro atoms. The van der Waals surface area contributed by atoms with Crippen molar-refractivity contribution in [1.29, 1.82) is 0 Å². The summed E-state index contributed by atoms with van der Waals surface area (Å²) in [5, 5.41) is 11.8. The maximum atomic E-state index is 13.8. The van der Waals surface area contributed by atoms with Crippen LogP contribution in [0.25, 0.3) is 0 Å². The van der Waals surface area contributed by atoms with Crippen LogP contribution in [0, 0.1) is 36.0 Å². The molecule has 0 aliphatic heterocycles. The van der Waals surface area contributed by atoms with Crippen LogP contribution in [0.2, 0.25) is 0 Å². The molecule has 0 aromatic heterocycles. The summed E-state index contributed by atoms with van der Waals surface area (Å²) in [7, 11) is 0. The number of carbonyl (C=O) groups excluding carboxylic acids is 2. The van der Waals surface area contributed by atoms with E-state index in [1.807, 2.05) is 0 Å². The van der Waals surface area contributed by atoms with E-state index in [1.165, 1.54) is 6.92 Å². The van der Waals surface area contributed by atoms with Gasteiger partial charge >= 0.3 is 12.1 Å². The first-order valence-electron chi connectivity index (χ1n) is 8.58. The van der Waals surface area contributed by atoms with Crippen molar-refractivity contribution < 1.29 is 54.6 Å². The molecule has 0 fully saturated rings. The molecule has 1 atom stereocenters. The highest BCUT2D eigenvalue weighted by molar-refractivity contribution is 6.05. The summed E-state index contributed by atoms with van der Waals surface area (Å²) in [5.41, 5.74) is -7.56. The molecule has 5 nitrogen and oxygen atoms in total. The van der Waals surface area contributed by atoms with Gasteiger partial charge in [-0.05, 0) is 25.5 Å². The van der Waals surface area contributed by atoms with Gasteiger partial charge in [-0.1, -0.05) is 12.1 Å². The number of hydrogen-bond acceptors (Lipinski definition) is 4. The van der Waals surface area contributed by atoms with Gasteiger partial charge in [0.25, 0.3) is 11.5 Å². The van der Waals surface area contributed by atoms with E-state index in [-0.39, 0.29) is 5.56 Å². The van der Waals surface area contributed by atoms with Crippen molar-refractivity contribution in [3.8, 4) is 0 Å². The lowest BCUT2D eigenvalue weighted by atomic mass is 9.91. The molecule has 32 heavy (non-hydrogen) atoms. The van der Waals surface area contributed by atoms with E-state index in [4.69, 9.17) is 0 Å². The number of alkyl halides is 3. The summed E-state index contributed by atoms with van der Waals surface area (Å²) in [6.45, 7) is 1.81. The van der Waals surface area contributed by atoms with E-state index in [0.29, 0.717) is 12.1 Å². The number of benzene rings is 2. The zero-order chi connectivity index (χ0) is 24.6. The van der Waals surface area contributed by atoms with Crippen molar-refractivity contribution in [3.63, 3.8) is 0 Å². The van der Waals surface area contributed by atoms with Gasteiger partial charge in [0.05, 0.1) is 6.61 Å². The van der Waals surface area contributed by atoms with Crippen molar-refractivity contribution >= 4 is 17.6 Å². The number of nitrogens with one attached hydrogen (secondary N) is 1. The minimum Gasteiger partial charge on any atom is -0.463 e. The normalized spacial score (nSPS) is 13.5. The van der Waals surface area contributed by atoms with Crippen LogP contribution < -0.4 is 5.32 Å². The third-order valence-electron chi connectivity index (χ3n) is 4.31. The second kappa shape index (κ2) is 8.73. The number of ether oxygens (including phenoxy) is 1. The van der Waals surface area contributed by atoms with Gasteiger partial charge in [0.15, 0.2) is 23.3 Å². The fourth-order valence-corrected chi connectivity index (χ4v) is 2.65. The average molecular weight is 471 g/mol. The number of aryl methyl sites for hydroxylation is 1. The Balaban J connectivity index is 2.48. The molecule has 2 aromatic carbocycles. The first-order chi connectivity index (χ1) is 14.7. The average Bonchev–Trinajstić information content (AvgIpc) is 2.71. The third-order valence-corrected chi connectivity index (χ3v) is 4.31. The molecule has 0 saturated heterocycles. The van der Waals surface area contributed by atoms with Gasteiger partial charge in [0, 0.05) is 11.3 Å². The van der Waals surface area contributed by atoms with Gasteiger partial charge in [-0.3, -0.25) is 4.79 Å². The molecule has 0 saturated carbocycles. The quantitative estimate of drug-likeness (QED) is 0.296. The van der Waals surface area contributed by atoms with E-state index in [9.17, 15) is 49.8 Å². The summed E-state index contributed by atoms with van der Waals surface area (Å²) in [6, 6.07) is 1.91. The Morgan fingerprint density at radius 1 is 0.969 bits per heavy atom. The Bertz CT molecular complexity index is 1060. The molecule has 0 aliphatic rings. The predicted octanol–water partition coefficient (Wildman–Crippen LogP) is 4.26. The molecular weight excluding hydrogens is 458 g/mol. The second-order valence-electron chi connectivity index (χ2n) is 6.36. The number of amides is 1. The lowest BCUT2D eigenvalue weighted by molar-refractivity contribution is -0.267. The first-order valence-corrected chi connectivity index (χ1v) is 8.58. The van der Waals surface area contributed by atoms with Crippen LogP contribution in [-0.2, 0) is 15.1 Å². The molecule has 0 bridgehead atoms. The minimum absolute atomic E-state index is 0.258. The summed E-state index contributed by atoms with van der Waals surface area (Å²) in [4.78, 5) is 23.9. The molecule has 1 unspecified atom stereocenters. The molecule has 13 heteroatoms. The van der Waals surface area contributed by atoms with E-state index >= 15 is 0 Å². The Kier molecular flexibility index (Phi) is 6.83. The van der Waals surface area contributed by atoms with Crippen molar-refractivity contribution in [2.75, 3.05) is 11.9 Å². The SMILES string of the molecule is CCOC(=O)C(O)(c1ccc(NC(=O)c2c(F)c(F)c(F)c(F)c2F)c(C)c1)C(F)(F)F. The summed E-state index contributed by atoms with van der Waals surface area (Å²) in [6.07, 6.45) is -5.51. The largest absolute Gasteiger partial charge is 0.463 e. The monoisotopic (exact) mass is 471 g/mol. The summed E-state index contributed by atoms with van der Waals surface area (Å²) >= 11 is 0. The van der Waals surface area contributed by atoms with Crippen LogP contribution >= 0.6 is 0 Å².